The highest BCUT2D eigenvalue weighted by Crippen LogP contribution is 2.24. The van der Waals surface area contributed by atoms with Gasteiger partial charge >= 0.3 is 0 Å². The minimum Gasteiger partial charge on any atom is -0.388 e. The van der Waals surface area contributed by atoms with E-state index >= 15 is 0 Å². The van der Waals surface area contributed by atoms with E-state index in [2.05, 4.69) is 40.4 Å². The van der Waals surface area contributed by atoms with Crippen molar-refractivity contribution < 1.29 is 18.2 Å². The lowest BCUT2D eigenvalue weighted by atomic mass is 9.99. The van der Waals surface area contributed by atoms with Crippen LogP contribution in [0.2, 0.25) is 0 Å². The van der Waals surface area contributed by atoms with Gasteiger partial charge in [0.1, 0.15) is 5.82 Å². The van der Waals surface area contributed by atoms with E-state index in [0.717, 1.165) is 43.6 Å². The quantitative estimate of drug-likeness (QED) is 0.590. The summed E-state index contributed by atoms with van der Waals surface area (Å²) in [5, 5.41) is 3.10. The van der Waals surface area contributed by atoms with Crippen LogP contribution in [-0.4, -0.2) is 58.8 Å². The highest BCUT2D eigenvalue weighted by atomic mass is 32.2. The van der Waals surface area contributed by atoms with Crippen LogP contribution in [0, 0.1) is 5.82 Å². The molecular formula is C27H37FN4O3S. The molecule has 2 aromatic rings. The molecule has 7 nitrogen and oxygen atoms in total. The molecule has 2 aromatic carbocycles. The summed E-state index contributed by atoms with van der Waals surface area (Å²) in [4.78, 5) is 24.3. The van der Waals surface area contributed by atoms with Crippen LogP contribution >= 0.6 is 0 Å². The number of carbonyl (C=O) groups excluding carboxylic acids is 2. The van der Waals surface area contributed by atoms with Crippen LogP contribution in [0.4, 0.5) is 10.1 Å². The first-order chi connectivity index (χ1) is 17.1. The number of hydrogen-bond donors (Lipinski definition) is 2. The Kier molecular flexibility index (Phi) is 11.3. The summed E-state index contributed by atoms with van der Waals surface area (Å²) in [6, 6.07) is 13.3. The zero-order valence-corrected chi connectivity index (χ0v) is 22.5. The summed E-state index contributed by atoms with van der Waals surface area (Å²) >= 11 is 0. The zero-order valence-electron chi connectivity index (χ0n) is 21.7. The van der Waals surface area contributed by atoms with E-state index in [0.29, 0.717) is 18.7 Å². The molecule has 1 unspecified atom stereocenters. The van der Waals surface area contributed by atoms with Crippen molar-refractivity contribution in [2.75, 3.05) is 31.7 Å². The average molecular weight is 517 g/mol. The second kappa shape index (κ2) is 13.9. The number of carbonyl (C=O) groups is 2. The van der Waals surface area contributed by atoms with E-state index in [-0.39, 0.29) is 11.4 Å². The highest BCUT2D eigenvalue weighted by molar-refractivity contribution is 7.82. The van der Waals surface area contributed by atoms with Crippen LogP contribution in [0.5, 0.6) is 0 Å². The lowest BCUT2D eigenvalue weighted by molar-refractivity contribution is -0.119. The van der Waals surface area contributed by atoms with Gasteiger partial charge in [-0.2, -0.15) is 0 Å². The molecule has 9 heteroatoms. The molecule has 1 atom stereocenters. The Morgan fingerprint density at radius 1 is 1.00 bits per heavy atom. The van der Waals surface area contributed by atoms with Gasteiger partial charge in [-0.25, -0.2) is 13.3 Å². The maximum absolute atomic E-state index is 13.1. The van der Waals surface area contributed by atoms with E-state index in [1.54, 1.807) is 22.1 Å². The second-order valence-corrected chi connectivity index (χ2v) is 10.7. The molecule has 0 aliphatic carbocycles. The van der Waals surface area contributed by atoms with Gasteiger partial charge in [-0.1, -0.05) is 30.3 Å². The summed E-state index contributed by atoms with van der Waals surface area (Å²) in [5.41, 5.74) is 5.26. The minimum absolute atomic E-state index is 0.0282. The predicted octanol–water partition coefficient (Wildman–Crippen LogP) is 3.94. The van der Waals surface area contributed by atoms with Crippen molar-refractivity contribution in [1.29, 1.82) is 0 Å². The Labute approximate surface area is 216 Å². The Balaban J connectivity index is 0.000000202. The minimum atomic E-state index is -0.885. The molecule has 0 aromatic heterocycles. The van der Waals surface area contributed by atoms with E-state index in [9.17, 15) is 18.2 Å². The van der Waals surface area contributed by atoms with Gasteiger partial charge in [0.15, 0.2) is 0 Å². The van der Waals surface area contributed by atoms with E-state index in [4.69, 9.17) is 0 Å². The van der Waals surface area contributed by atoms with Crippen molar-refractivity contribution in [2.24, 2.45) is 0 Å². The van der Waals surface area contributed by atoms with Crippen LogP contribution < -0.4 is 10.0 Å². The van der Waals surface area contributed by atoms with Crippen molar-refractivity contribution >= 4 is 35.1 Å². The van der Waals surface area contributed by atoms with Gasteiger partial charge in [-0.05, 0) is 62.1 Å². The fraction of sp³-hybridized carbons (Fsp3) is 0.407. The van der Waals surface area contributed by atoms with Crippen LogP contribution in [0.15, 0.2) is 48.5 Å². The lowest BCUT2D eigenvalue weighted by Crippen LogP contribution is -2.36. The third-order valence-electron chi connectivity index (χ3n) is 5.48. The van der Waals surface area contributed by atoms with Gasteiger partial charge in [-0.15, -0.1) is 0 Å². The number of hydrogen-bond acceptors (Lipinski definition) is 4. The summed E-state index contributed by atoms with van der Waals surface area (Å²) in [6.45, 7) is 8.44. The first-order valence-electron chi connectivity index (χ1n) is 11.8. The number of amides is 2. The molecule has 0 radical (unpaired) electrons. The average Bonchev–Trinajstić information content (AvgIpc) is 3.28. The fourth-order valence-electron chi connectivity index (χ4n) is 3.81. The third kappa shape index (κ3) is 9.54. The monoisotopic (exact) mass is 516 g/mol. The topological polar surface area (TPSA) is 81.8 Å². The molecular weight excluding hydrogens is 479 g/mol. The number of benzene rings is 2. The number of nitrogens with zero attached hydrogens (tertiary/aromatic N) is 2. The first kappa shape index (κ1) is 29.2. The lowest BCUT2D eigenvalue weighted by Gasteiger charge is -2.22. The van der Waals surface area contributed by atoms with Crippen molar-refractivity contribution in [3.05, 3.63) is 71.0 Å². The van der Waals surface area contributed by atoms with Crippen LogP contribution in [-0.2, 0) is 33.7 Å². The summed E-state index contributed by atoms with van der Waals surface area (Å²) in [7, 11) is 1.03. The molecule has 2 aliphatic rings. The summed E-state index contributed by atoms with van der Waals surface area (Å²) in [6.07, 6.45) is 6.37. The van der Waals surface area contributed by atoms with E-state index < -0.39 is 11.0 Å². The van der Waals surface area contributed by atoms with E-state index in [1.165, 1.54) is 17.2 Å². The van der Waals surface area contributed by atoms with Crippen molar-refractivity contribution in [3.8, 4) is 0 Å². The first-order valence-corrected chi connectivity index (χ1v) is 13.4. The van der Waals surface area contributed by atoms with Crippen molar-refractivity contribution in [1.82, 2.24) is 14.5 Å². The largest absolute Gasteiger partial charge is 0.388 e. The summed E-state index contributed by atoms with van der Waals surface area (Å²) in [5.74, 6) is -0.211. The smallest absolute Gasteiger partial charge is 0.210 e. The number of halogens is 1. The molecule has 196 valence electrons. The Hall–Kier alpha value is -3.04. The number of anilines is 1. The standard InChI is InChI=1S/C13H16N2O.C9H8FNO.C5H13NOS/c1-14-13-4-2-11(3-5-13)12-6-8-15(10-16)9-7-12;10-9-3-1-2-7-4-11(6-12)5-8(7)9;1-5(2,3)6-8(4)7/h2-6,10,14H,7-9H2,1H3;1-3,6H,4-5H2;6H,1-4H3. The molecule has 4 rings (SSSR count). The molecule has 36 heavy (non-hydrogen) atoms. The SMILES string of the molecule is CNc1ccc(C2=CCN(C=O)CC2)cc1.CS(=O)NC(C)(C)C.O=CN1Cc2cccc(F)c2C1. The third-order valence-corrected chi connectivity index (χ3v) is 6.38. The van der Waals surface area contributed by atoms with Crippen LogP contribution in [0.25, 0.3) is 5.57 Å². The second-order valence-electron chi connectivity index (χ2n) is 9.60. The van der Waals surface area contributed by atoms with Gasteiger partial charge < -0.3 is 15.1 Å². The van der Waals surface area contributed by atoms with Crippen molar-refractivity contribution in [2.45, 2.75) is 45.8 Å². The van der Waals surface area contributed by atoms with Crippen LogP contribution in [0.3, 0.4) is 0 Å². The number of fused-ring (bicyclic) bond motifs is 1. The maximum atomic E-state index is 13.1. The van der Waals surface area contributed by atoms with Gasteiger partial charge in [0, 0.05) is 56.3 Å². The molecule has 0 fully saturated rings. The number of rotatable bonds is 5. The molecule has 2 amide bonds. The van der Waals surface area contributed by atoms with Gasteiger partial charge in [0.25, 0.3) is 0 Å². The van der Waals surface area contributed by atoms with Gasteiger partial charge in [0.05, 0.1) is 11.0 Å². The molecule has 0 saturated heterocycles. The molecule has 0 saturated carbocycles. The van der Waals surface area contributed by atoms with Crippen LogP contribution in [0.1, 0.15) is 43.9 Å². The normalized spacial score (nSPS) is 15.3. The molecule has 2 N–H and O–H groups in total. The molecule has 0 spiro atoms. The summed E-state index contributed by atoms with van der Waals surface area (Å²) < 4.78 is 26.4. The predicted molar refractivity (Wildman–Crippen MR) is 145 cm³/mol. The Bertz CT molecular complexity index is 1070. The van der Waals surface area contributed by atoms with Gasteiger partial charge in [-0.3, -0.25) is 9.59 Å². The molecule has 2 aliphatic heterocycles. The fourth-order valence-corrected chi connectivity index (χ4v) is 4.67. The maximum Gasteiger partial charge on any atom is 0.210 e. The van der Waals surface area contributed by atoms with E-state index in [1.807, 2.05) is 33.9 Å². The zero-order chi connectivity index (χ0) is 26.7. The molecule has 0 bridgehead atoms. The Morgan fingerprint density at radius 2 is 1.67 bits per heavy atom. The highest BCUT2D eigenvalue weighted by Gasteiger charge is 2.19. The van der Waals surface area contributed by atoms with Gasteiger partial charge in [0.2, 0.25) is 12.8 Å². The van der Waals surface area contributed by atoms with Crippen molar-refractivity contribution in [3.63, 3.8) is 0 Å². The molecule has 2 heterocycles. The number of nitrogens with one attached hydrogen (secondary N) is 2. The Morgan fingerprint density at radius 3 is 2.11 bits per heavy atom.